The summed E-state index contributed by atoms with van der Waals surface area (Å²) in [4.78, 5) is 25.2. The van der Waals surface area contributed by atoms with Crippen molar-refractivity contribution in [1.82, 2.24) is 5.32 Å². The number of carbonyl (C=O) groups is 2. The number of hydrogen-bond acceptors (Lipinski definition) is 5. The lowest BCUT2D eigenvalue weighted by molar-refractivity contribution is -0.115. The molecule has 0 saturated heterocycles. The summed E-state index contributed by atoms with van der Waals surface area (Å²) in [5.74, 6) is 1.28. The second-order valence-corrected chi connectivity index (χ2v) is 7.05. The maximum Gasteiger partial charge on any atom is 0.291 e. The highest BCUT2D eigenvalue weighted by molar-refractivity contribution is 6.09. The third-order valence-corrected chi connectivity index (χ3v) is 4.95. The molecule has 0 unspecified atom stereocenters. The fraction of sp³-hybridized carbons (Fsp3) is 0.120. The van der Waals surface area contributed by atoms with Gasteiger partial charge in [0, 0.05) is 17.7 Å². The molecule has 0 aliphatic carbocycles. The van der Waals surface area contributed by atoms with Crippen LogP contribution in [0.5, 0.6) is 17.2 Å². The van der Waals surface area contributed by atoms with Gasteiger partial charge in [-0.3, -0.25) is 9.59 Å². The van der Waals surface area contributed by atoms with Crippen molar-refractivity contribution in [2.45, 2.75) is 6.54 Å². The Morgan fingerprint density at radius 1 is 1.03 bits per heavy atom. The monoisotopic (exact) mass is 430 g/mol. The Balaban J connectivity index is 1.48. The van der Waals surface area contributed by atoms with Crippen molar-refractivity contribution in [3.8, 4) is 17.2 Å². The minimum Gasteiger partial charge on any atom is -0.497 e. The number of rotatable bonds is 6. The van der Waals surface area contributed by atoms with Crippen LogP contribution in [0.3, 0.4) is 0 Å². The number of amides is 2. The summed E-state index contributed by atoms with van der Waals surface area (Å²) in [6, 6.07) is 19.7. The molecule has 3 aromatic rings. The summed E-state index contributed by atoms with van der Waals surface area (Å²) in [6.45, 7) is 0.349. The highest BCUT2D eigenvalue weighted by Crippen LogP contribution is 2.33. The van der Waals surface area contributed by atoms with Crippen molar-refractivity contribution < 1.29 is 23.8 Å². The van der Waals surface area contributed by atoms with E-state index in [2.05, 4.69) is 10.6 Å². The molecule has 4 rings (SSSR count). The quantitative estimate of drug-likeness (QED) is 0.577. The lowest BCUT2D eigenvalue weighted by Gasteiger charge is -2.21. The van der Waals surface area contributed by atoms with Gasteiger partial charge in [-0.2, -0.15) is 0 Å². The van der Waals surface area contributed by atoms with Gasteiger partial charge in [0.25, 0.3) is 11.8 Å². The second-order valence-electron chi connectivity index (χ2n) is 7.05. The second kappa shape index (κ2) is 9.26. The van der Waals surface area contributed by atoms with Crippen LogP contribution >= 0.6 is 0 Å². The lowest BCUT2D eigenvalue weighted by Crippen LogP contribution is -2.25. The first-order valence-corrected chi connectivity index (χ1v) is 9.96. The first-order chi connectivity index (χ1) is 15.6. The summed E-state index contributed by atoms with van der Waals surface area (Å²) in [7, 11) is 3.16. The third-order valence-electron chi connectivity index (χ3n) is 4.95. The van der Waals surface area contributed by atoms with Gasteiger partial charge in [-0.05, 0) is 48.0 Å². The minimum absolute atomic E-state index is 0.136. The topological polar surface area (TPSA) is 85.9 Å². The highest BCUT2D eigenvalue weighted by Gasteiger charge is 2.23. The number of fused-ring (bicyclic) bond motifs is 1. The maximum atomic E-state index is 12.6. The van der Waals surface area contributed by atoms with Gasteiger partial charge in [0.15, 0.2) is 11.5 Å². The smallest absolute Gasteiger partial charge is 0.291 e. The molecule has 1 heterocycles. The molecule has 0 radical (unpaired) electrons. The van der Waals surface area contributed by atoms with Crippen molar-refractivity contribution in [2.75, 3.05) is 19.5 Å². The molecular weight excluding hydrogens is 408 g/mol. The molecule has 7 heteroatoms. The van der Waals surface area contributed by atoms with E-state index in [0.29, 0.717) is 29.3 Å². The number of nitrogens with one attached hydrogen (secondary N) is 2. The van der Waals surface area contributed by atoms with Crippen molar-refractivity contribution in [3.05, 3.63) is 89.2 Å². The Hall–Kier alpha value is -4.26. The van der Waals surface area contributed by atoms with Crippen LogP contribution < -0.4 is 24.8 Å². The molecule has 7 nitrogen and oxygen atoms in total. The molecule has 3 aromatic carbocycles. The van der Waals surface area contributed by atoms with Gasteiger partial charge in [0.2, 0.25) is 0 Å². The Labute approximate surface area is 185 Å². The van der Waals surface area contributed by atoms with Crippen LogP contribution in [0, 0.1) is 0 Å². The van der Waals surface area contributed by atoms with E-state index in [9.17, 15) is 9.59 Å². The standard InChI is InChI=1S/C25H22N2O5/c1-30-19-8-5-6-16(12-19)15-26-24(28)18-10-11-22-20(13-18)27-25(29)23(32-22)14-17-7-3-4-9-21(17)31-2/h3-14H,15H2,1-2H3,(H,26,28)(H,27,29). The zero-order valence-electron chi connectivity index (χ0n) is 17.7. The van der Waals surface area contributed by atoms with Crippen molar-refractivity contribution >= 4 is 23.6 Å². The maximum absolute atomic E-state index is 12.6. The Morgan fingerprint density at radius 3 is 2.69 bits per heavy atom. The van der Waals surface area contributed by atoms with E-state index in [1.807, 2.05) is 42.5 Å². The molecule has 2 amide bonds. The van der Waals surface area contributed by atoms with E-state index in [4.69, 9.17) is 14.2 Å². The van der Waals surface area contributed by atoms with Gasteiger partial charge in [-0.1, -0.05) is 30.3 Å². The third kappa shape index (κ3) is 4.57. The van der Waals surface area contributed by atoms with E-state index in [1.54, 1.807) is 44.6 Å². The zero-order valence-corrected chi connectivity index (χ0v) is 17.7. The number of anilines is 1. The SMILES string of the molecule is COc1cccc(CNC(=O)c2ccc3c(c2)NC(=O)C(=Cc2ccccc2OC)O3)c1. The van der Waals surface area contributed by atoms with Gasteiger partial charge in [0.1, 0.15) is 11.5 Å². The Bertz CT molecular complexity index is 1200. The number of methoxy groups -OCH3 is 2. The lowest BCUT2D eigenvalue weighted by atomic mass is 10.1. The molecule has 0 bridgehead atoms. The average Bonchev–Trinajstić information content (AvgIpc) is 2.83. The van der Waals surface area contributed by atoms with E-state index in [-0.39, 0.29) is 11.7 Å². The summed E-state index contributed by atoms with van der Waals surface area (Å²) in [6.07, 6.45) is 1.62. The van der Waals surface area contributed by atoms with Crippen molar-refractivity contribution in [3.63, 3.8) is 0 Å². The molecule has 162 valence electrons. The molecule has 32 heavy (non-hydrogen) atoms. The molecule has 2 N–H and O–H groups in total. The summed E-state index contributed by atoms with van der Waals surface area (Å²) < 4.78 is 16.3. The van der Waals surface area contributed by atoms with Crippen LogP contribution in [0.25, 0.3) is 6.08 Å². The van der Waals surface area contributed by atoms with Gasteiger partial charge in [-0.25, -0.2) is 0 Å². The fourth-order valence-electron chi connectivity index (χ4n) is 3.30. The number of hydrogen-bond donors (Lipinski definition) is 2. The number of benzene rings is 3. The molecule has 0 spiro atoms. The van der Waals surface area contributed by atoms with E-state index in [1.165, 1.54) is 0 Å². The number of ether oxygens (including phenoxy) is 3. The number of carbonyl (C=O) groups excluding carboxylic acids is 2. The Kier molecular flexibility index (Phi) is 6.07. The molecule has 0 saturated carbocycles. The Morgan fingerprint density at radius 2 is 1.88 bits per heavy atom. The predicted molar refractivity (Wildman–Crippen MR) is 121 cm³/mol. The van der Waals surface area contributed by atoms with Crippen LogP contribution in [0.2, 0.25) is 0 Å². The highest BCUT2D eigenvalue weighted by atomic mass is 16.5. The summed E-state index contributed by atoms with van der Waals surface area (Å²) in [5.41, 5.74) is 2.48. The predicted octanol–water partition coefficient (Wildman–Crippen LogP) is 4.01. The van der Waals surface area contributed by atoms with Crippen molar-refractivity contribution in [1.29, 1.82) is 0 Å². The molecule has 0 fully saturated rings. The van der Waals surface area contributed by atoms with Gasteiger partial charge < -0.3 is 24.8 Å². The van der Waals surface area contributed by atoms with Gasteiger partial charge >= 0.3 is 0 Å². The van der Waals surface area contributed by atoms with Gasteiger partial charge in [-0.15, -0.1) is 0 Å². The van der Waals surface area contributed by atoms with Crippen molar-refractivity contribution in [2.24, 2.45) is 0 Å². The van der Waals surface area contributed by atoms with E-state index >= 15 is 0 Å². The molecule has 1 aliphatic rings. The largest absolute Gasteiger partial charge is 0.497 e. The van der Waals surface area contributed by atoms with Crippen LogP contribution in [0.4, 0.5) is 5.69 Å². The first-order valence-electron chi connectivity index (χ1n) is 9.96. The normalized spacial score (nSPS) is 13.6. The summed E-state index contributed by atoms with van der Waals surface area (Å²) in [5, 5.41) is 5.65. The summed E-state index contributed by atoms with van der Waals surface area (Å²) >= 11 is 0. The fourth-order valence-corrected chi connectivity index (χ4v) is 3.30. The number of para-hydroxylation sites is 1. The first kappa shape index (κ1) is 21.0. The molecule has 0 atom stereocenters. The van der Waals surface area contributed by atoms with Crippen LogP contribution in [0.1, 0.15) is 21.5 Å². The average molecular weight is 430 g/mol. The van der Waals surface area contributed by atoms with Crippen LogP contribution in [-0.4, -0.2) is 26.0 Å². The van der Waals surface area contributed by atoms with Crippen LogP contribution in [-0.2, 0) is 11.3 Å². The minimum atomic E-state index is -0.405. The molecule has 1 aliphatic heterocycles. The van der Waals surface area contributed by atoms with Gasteiger partial charge in [0.05, 0.1) is 19.9 Å². The zero-order chi connectivity index (χ0) is 22.5. The van der Waals surface area contributed by atoms with Crippen LogP contribution in [0.15, 0.2) is 72.5 Å². The van der Waals surface area contributed by atoms with E-state index < -0.39 is 5.91 Å². The molecule has 0 aromatic heterocycles. The van der Waals surface area contributed by atoms with E-state index in [0.717, 1.165) is 16.9 Å². The molecular formula is C25H22N2O5.